The molecule has 12 nitrogen and oxygen atoms in total. The zero-order chi connectivity index (χ0) is 32.2. The van der Waals surface area contributed by atoms with Gasteiger partial charge in [-0.05, 0) is 67.4 Å². The van der Waals surface area contributed by atoms with Gasteiger partial charge >= 0.3 is 0 Å². The number of carbonyl (C=O) groups excluding carboxylic acids is 2. The second kappa shape index (κ2) is 16.7. The maximum Gasteiger partial charge on any atom is 0.280 e. The zero-order valence-electron chi connectivity index (χ0n) is 25.6. The van der Waals surface area contributed by atoms with Crippen LogP contribution in [0.3, 0.4) is 0 Å². The van der Waals surface area contributed by atoms with Gasteiger partial charge in [-0.3, -0.25) is 24.8 Å². The summed E-state index contributed by atoms with van der Waals surface area (Å²) >= 11 is 5.82. The van der Waals surface area contributed by atoms with Crippen LogP contribution in [0.5, 0.6) is 0 Å². The van der Waals surface area contributed by atoms with E-state index in [2.05, 4.69) is 73.7 Å². The van der Waals surface area contributed by atoms with Crippen LogP contribution in [0.25, 0.3) is 11.1 Å². The smallest absolute Gasteiger partial charge is 0.280 e. The van der Waals surface area contributed by atoms with Crippen molar-refractivity contribution in [1.82, 2.24) is 25.1 Å². The van der Waals surface area contributed by atoms with Crippen LogP contribution in [-0.4, -0.2) is 83.4 Å². The van der Waals surface area contributed by atoms with Crippen LogP contribution < -0.4 is 28.3 Å². The molecule has 1 aliphatic heterocycles. The number of aryl methyl sites for hydroxylation is 2. The maximum atomic E-state index is 12.7. The van der Waals surface area contributed by atoms with Crippen LogP contribution in [0.2, 0.25) is 5.15 Å². The van der Waals surface area contributed by atoms with E-state index >= 15 is 0 Å². The summed E-state index contributed by atoms with van der Waals surface area (Å²) in [4.78, 5) is 41.2. The van der Waals surface area contributed by atoms with Crippen molar-refractivity contribution in [3.63, 3.8) is 0 Å². The van der Waals surface area contributed by atoms with E-state index < -0.39 is 5.91 Å². The number of hydrogen-bond acceptors (Lipinski definition) is 9. The molecule has 0 radical (unpaired) electrons. The summed E-state index contributed by atoms with van der Waals surface area (Å²) in [6.45, 7) is 5.64. The molecule has 9 N–H and O–H groups in total. The third-order valence-corrected chi connectivity index (χ3v) is 8.07. The van der Waals surface area contributed by atoms with Gasteiger partial charge < -0.3 is 27.8 Å². The average molecular weight is 635 g/mol. The highest BCUT2D eigenvalue weighted by Gasteiger charge is 2.20. The van der Waals surface area contributed by atoms with E-state index in [-0.39, 0.29) is 34.3 Å². The maximum absolute atomic E-state index is 12.7. The summed E-state index contributed by atoms with van der Waals surface area (Å²) in [5.41, 5.74) is 27.2. The van der Waals surface area contributed by atoms with Gasteiger partial charge in [0.2, 0.25) is 5.91 Å². The van der Waals surface area contributed by atoms with E-state index in [1.807, 2.05) is 4.90 Å². The number of halogens is 1. The topological polar surface area (TPSA) is 195 Å². The molecule has 240 valence electrons. The summed E-state index contributed by atoms with van der Waals surface area (Å²) in [6, 6.07) is 17.0. The number of anilines is 2. The van der Waals surface area contributed by atoms with E-state index in [0.717, 1.165) is 76.0 Å². The van der Waals surface area contributed by atoms with E-state index in [1.54, 1.807) is 0 Å². The van der Waals surface area contributed by atoms with Crippen LogP contribution in [0.15, 0.2) is 53.5 Å². The number of piperazine rings is 1. The van der Waals surface area contributed by atoms with Gasteiger partial charge in [0.25, 0.3) is 5.91 Å². The lowest BCUT2D eigenvalue weighted by atomic mass is 9.99. The molecule has 45 heavy (non-hydrogen) atoms. The van der Waals surface area contributed by atoms with E-state index in [1.165, 1.54) is 11.1 Å². The Kier molecular flexibility index (Phi) is 12.5. The second-order valence-corrected chi connectivity index (χ2v) is 11.4. The number of nitrogens with one attached hydrogen (secondary N) is 1. The lowest BCUT2D eigenvalue weighted by Crippen LogP contribution is -2.49. The largest absolute Gasteiger partial charge is 0.382 e. The molecule has 0 saturated carbocycles. The van der Waals surface area contributed by atoms with Gasteiger partial charge in [-0.1, -0.05) is 60.1 Å². The molecule has 0 atom stereocenters. The highest BCUT2D eigenvalue weighted by Crippen LogP contribution is 2.22. The Labute approximate surface area is 269 Å². The van der Waals surface area contributed by atoms with Crippen molar-refractivity contribution in [3.8, 4) is 11.1 Å². The average Bonchev–Trinajstić information content (AvgIpc) is 3.05. The number of aromatic nitrogens is 2. The molecule has 1 aromatic heterocycles. The number of nitrogens with two attached hydrogens (primary N) is 4. The predicted octanol–water partition coefficient (Wildman–Crippen LogP) is 2.45. The third-order valence-electron chi connectivity index (χ3n) is 7.79. The van der Waals surface area contributed by atoms with Crippen molar-refractivity contribution in [3.05, 3.63) is 70.5 Å². The van der Waals surface area contributed by atoms with Gasteiger partial charge in [0.05, 0.1) is 0 Å². The zero-order valence-corrected chi connectivity index (χ0v) is 26.3. The van der Waals surface area contributed by atoms with Crippen LogP contribution in [-0.2, 0) is 17.6 Å². The van der Waals surface area contributed by atoms with Crippen molar-refractivity contribution in [2.45, 2.75) is 38.5 Å². The van der Waals surface area contributed by atoms with Crippen molar-refractivity contribution in [2.24, 2.45) is 16.5 Å². The molecule has 0 spiro atoms. The second-order valence-electron chi connectivity index (χ2n) is 11.1. The summed E-state index contributed by atoms with van der Waals surface area (Å²) in [5.74, 6) is -0.669. The number of aliphatic imine (C=N–C) groups is 1. The predicted molar refractivity (Wildman–Crippen MR) is 180 cm³/mol. The van der Waals surface area contributed by atoms with Gasteiger partial charge in [-0.2, -0.15) is 0 Å². The molecule has 2 heterocycles. The quantitative estimate of drug-likeness (QED) is 0.107. The van der Waals surface area contributed by atoms with Crippen molar-refractivity contribution in [2.75, 3.05) is 57.3 Å². The minimum Gasteiger partial charge on any atom is -0.382 e. The van der Waals surface area contributed by atoms with Crippen molar-refractivity contribution in [1.29, 1.82) is 0 Å². The fourth-order valence-corrected chi connectivity index (χ4v) is 5.26. The Morgan fingerprint density at radius 1 is 0.844 bits per heavy atom. The first-order valence-electron chi connectivity index (χ1n) is 15.3. The number of nitrogen functional groups attached to an aromatic ring is 2. The molecule has 0 aliphatic carbocycles. The number of guanidine groups is 1. The molecule has 1 aliphatic rings. The Bertz CT molecular complexity index is 1460. The van der Waals surface area contributed by atoms with Crippen LogP contribution in [0.1, 0.15) is 47.3 Å². The number of unbranched alkanes of at least 4 members (excludes halogenated alkanes) is 1. The number of rotatable bonds is 13. The molecule has 1 saturated heterocycles. The summed E-state index contributed by atoms with van der Waals surface area (Å²) < 4.78 is 0. The highest BCUT2D eigenvalue weighted by atomic mass is 35.5. The van der Waals surface area contributed by atoms with Gasteiger partial charge in [0, 0.05) is 39.1 Å². The molecule has 0 bridgehead atoms. The highest BCUT2D eigenvalue weighted by molar-refractivity contribution is 6.31. The van der Waals surface area contributed by atoms with Crippen LogP contribution >= 0.6 is 11.6 Å². The number of hydrogen-bond donors (Lipinski definition) is 5. The van der Waals surface area contributed by atoms with Gasteiger partial charge in [-0.15, -0.1) is 0 Å². The molecule has 4 rings (SSSR count). The molecule has 13 heteroatoms. The normalized spacial score (nSPS) is 14.0. The molecular formula is C32H43ClN10O2. The summed E-state index contributed by atoms with van der Waals surface area (Å²) in [6.07, 6.45) is 4.88. The Balaban J connectivity index is 1.15. The molecule has 0 unspecified atom stereocenters. The SMILES string of the molecule is NCCCN1CCN(C(=O)CCc2ccc(-c3ccc(CCCCN=C(N)NC(=O)c4nc(Cl)c(N)nc4N)cc3)cc2)CC1. The number of nitrogens with zero attached hydrogens (tertiary/aromatic N) is 5. The van der Waals surface area contributed by atoms with Crippen molar-refractivity contribution >= 4 is 41.0 Å². The summed E-state index contributed by atoms with van der Waals surface area (Å²) in [5, 5.41) is 2.32. The standard InChI is InChI=1S/C32H43ClN10O2/c33-28-30(36)40-29(35)27(39-28)31(45)41-32(37)38-16-2-1-4-22-5-10-24(11-6-22)25-12-7-23(8-13-25)9-14-26(44)43-20-18-42(19-21-43)17-3-15-34/h5-8,10-13H,1-4,9,14-21,34H2,(H4,35,36,40)(H3,37,38,41,45). The lowest BCUT2D eigenvalue weighted by Gasteiger charge is -2.34. The molecule has 1 fully saturated rings. The van der Waals surface area contributed by atoms with Crippen LogP contribution in [0, 0.1) is 0 Å². The Morgan fingerprint density at radius 3 is 2.09 bits per heavy atom. The molecule has 3 aromatic rings. The molecule has 2 amide bonds. The number of benzene rings is 2. The van der Waals surface area contributed by atoms with E-state index in [9.17, 15) is 9.59 Å². The fourth-order valence-electron chi connectivity index (χ4n) is 5.14. The van der Waals surface area contributed by atoms with Crippen LogP contribution in [0.4, 0.5) is 11.6 Å². The van der Waals surface area contributed by atoms with E-state index in [0.29, 0.717) is 19.5 Å². The lowest BCUT2D eigenvalue weighted by molar-refractivity contribution is -0.132. The third kappa shape index (κ3) is 10.1. The van der Waals surface area contributed by atoms with Gasteiger partial charge in [0.15, 0.2) is 28.4 Å². The van der Waals surface area contributed by atoms with E-state index in [4.69, 9.17) is 34.5 Å². The Morgan fingerprint density at radius 2 is 1.47 bits per heavy atom. The first-order valence-corrected chi connectivity index (χ1v) is 15.7. The number of carbonyl (C=O) groups is 2. The van der Waals surface area contributed by atoms with Crippen molar-refractivity contribution < 1.29 is 9.59 Å². The minimum absolute atomic E-state index is 0.0381. The first kappa shape index (κ1) is 33.6. The Hall–Kier alpha value is -4.26. The molecular weight excluding hydrogens is 592 g/mol. The monoisotopic (exact) mass is 634 g/mol. The molecule has 2 aromatic carbocycles. The number of amides is 2. The minimum atomic E-state index is -0.660. The fraction of sp³-hybridized carbons (Fsp3) is 0.406. The van der Waals surface area contributed by atoms with Gasteiger partial charge in [0.1, 0.15) is 0 Å². The van der Waals surface area contributed by atoms with Gasteiger partial charge in [-0.25, -0.2) is 9.97 Å². The summed E-state index contributed by atoms with van der Waals surface area (Å²) in [7, 11) is 0. The first-order chi connectivity index (χ1) is 21.7.